The first-order valence-electron chi connectivity index (χ1n) is 3.75. The highest BCUT2D eigenvalue weighted by Gasteiger charge is 2.14. The van der Waals surface area contributed by atoms with Crippen molar-refractivity contribution in [2.24, 2.45) is 0 Å². The molecule has 0 bridgehead atoms. The van der Waals surface area contributed by atoms with Crippen LogP contribution in [-0.2, 0) is 0 Å². The van der Waals surface area contributed by atoms with Crippen LogP contribution < -0.4 is 11.1 Å². The molecule has 1 heterocycles. The Kier molecular flexibility index (Phi) is 2.60. The molecule has 13 heavy (non-hydrogen) atoms. The molecule has 1 atom stereocenters. The van der Waals surface area contributed by atoms with Crippen LogP contribution >= 0.6 is 0 Å². The Bertz CT molecular complexity index is 349. The number of carbonyl (C=O) groups excluding carboxylic acids is 1. The Morgan fingerprint density at radius 2 is 2.54 bits per heavy atom. The van der Waals surface area contributed by atoms with E-state index in [4.69, 9.17) is 16.6 Å². The van der Waals surface area contributed by atoms with Crippen molar-refractivity contribution in [3.8, 4) is 12.3 Å². The van der Waals surface area contributed by atoms with Gasteiger partial charge in [0.1, 0.15) is 0 Å². The number of nitrogen functional groups attached to an aromatic ring is 1. The minimum absolute atomic E-state index is 0.0992. The molecule has 1 amide bonds. The lowest BCUT2D eigenvalue weighted by atomic mass is 10.3. The summed E-state index contributed by atoms with van der Waals surface area (Å²) in [7, 11) is 0. The van der Waals surface area contributed by atoms with Gasteiger partial charge in [-0.2, -0.15) is 0 Å². The van der Waals surface area contributed by atoms with Gasteiger partial charge in [0.05, 0.1) is 18.0 Å². The van der Waals surface area contributed by atoms with Gasteiger partial charge in [-0.15, -0.1) is 6.42 Å². The molecule has 0 saturated carbocycles. The van der Waals surface area contributed by atoms with Crippen molar-refractivity contribution in [3.05, 3.63) is 18.1 Å². The molecule has 0 aliphatic heterocycles. The highest BCUT2D eigenvalue weighted by molar-refractivity contribution is 5.96. The van der Waals surface area contributed by atoms with Crippen molar-refractivity contribution in [3.63, 3.8) is 0 Å². The van der Waals surface area contributed by atoms with E-state index in [9.17, 15) is 4.79 Å². The van der Waals surface area contributed by atoms with Crippen molar-refractivity contribution in [2.45, 2.75) is 13.0 Å². The Balaban J connectivity index is 2.71. The highest BCUT2D eigenvalue weighted by Crippen LogP contribution is 2.11. The van der Waals surface area contributed by atoms with Gasteiger partial charge in [0.15, 0.2) is 0 Å². The zero-order valence-electron chi connectivity index (χ0n) is 7.20. The summed E-state index contributed by atoms with van der Waals surface area (Å²) in [6.07, 6.45) is 6.44. The van der Waals surface area contributed by atoms with Crippen molar-refractivity contribution < 1.29 is 9.21 Å². The van der Waals surface area contributed by atoms with Gasteiger partial charge in [-0.1, -0.05) is 5.92 Å². The molecule has 1 aromatic rings. The number of carbonyl (C=O) groups is 1. The number of hydrogen-bond donors (Lipinski definition) is 2. The van der Waals surface area contributed by atoms with E-state index < -0.39 is 5.91 Å². The van der Waals surface area contributed by atoms with Gasteiger partial charge in [0.25, 0.3) is 5.91 Å². The lowest BCUT2D eigenvalue weighted by Crippen LogP contribution is -2.31. The maximum atomic E-state index is 11.3. The topological polar surface area (TPSA) is 68.3 Å². The second-order valence-corrected chi connectivity index (χ2v) is 2.57. The third-order valence-corrected chi connectivity index (χ3v) is 1.50. The monoisotopic (exact) mass is 178 g/mol. The Labute approximate surface area is 76.1 Å². The zero-order chi connectivity index (χ0) is 9.84. The summed E-state index contributed by atoms with van der Waals surface area (Å²) in [6, 6.07) is 1.17. The second kappa shape index (κ2) is 3.68. The van der Waals surface area contributed by atoms with Crippen LogP contribution in [0.25, 0.3) is 0 Å². The first-order chi connectivity index (χ1) is 6.15. The second-order valence-electron chi connectivity index (χ2n) is 2.57. The molecular weight excluding hydrogens is 168 g/mol. The lowest BCUT2D eigenvalue weighted by Gasteiger charge is -2.05. The van der Waals surface area contributed by atoms with Crippen LogP contribution in [-0.4, -0.2) is 11.9 Å². The van der Waals surface area contributed by atoms with Gasteiger partial charge in [0.2, 0.25) is 5.76 Å². The summed E-state index contributed by atoms with van der Waals surface area (Å²) >= 11 is 0. The van der Waals surface area contributed by atoms with E-state index in [1.54, 1.807) is 6.92 Å². The summed E-state index contributed by atoms with van der Waals surface area (Å²) in [4.78, 5) is 11.3. The normalized spacial score (nSPS) is 11.7. The van der Waals surface area contributed by atoms with Gasteiger partial charge >= 0.3 is 0 Å². The van der Waals surface area contributed by atoms with Gasteiger partial charge in [0, 0.05) is 6.07 Å². The highest BCUT2D eigenvalue weighted by atomic mass is 16.3. The van der Waals surface area contributed by atoms with Crippen LogP contribution in [0.2, 0.25) is 0 Å². The lowest BCUT2D eigenvalue weighted by molar-refractivity contribution is 0.0921. The van der Waals surface area contributed by atoms with Crippen molar-refractivity contribution in [1.82, 2.24) is 5.32 Å². The molecule has 1 rings (SSSR count). The molecule has 0 radical (unpaired) electrons. The molecule has 0 saturated heterocycles. The van der Waals surface area contributed by atoms with E-state index >= 15 is 0 Å². The molecule has 0 aliphatic carbocycles. The van der Waals surface area contributed by atoms with Crippen molar-refractivity contribution >= 4 is 11.6 Å². The summed E-state index contributed by atoms with van der Waals surface area (Å²) in [5.41, 5.74) is 5.76. The molecule has 0 fully saturated rings. The van der Waals surface area contributed by atoms with Gasteiger partial charge in [-0.3, -0.25) is 4.79 Å². The molecular formula is C9H10N2O2. The van der Waals surface area contributed by atoms with Crippen LogP contribution in [0.1, 0.15) is 17.5 Å². The van der Waals surface area contributed by atoms with E-state index in [2.05, 4.69) is 11.2 Å². The van der Waals surface area contributed by atoms with Crippen LogP contribution in [0.5, 0.6) is 0 Å². The number of amides is 1. The van der Waals surface area contributed by atoms with E-state index in [-0.39, 0.29) is 11.8 Å². The zero-order valence-corrected chi connectivity index (χ0v) is 7.20. The number of furan rings is 1. The average Bonchev–Trinajstić information content (AvgIpc) is 2.51. The molecule has 0 aliphatic rings. The molecule has 4 heteroatoms. The molecule has 0 aromatic carbocycles. The SMILES string of the molecule is C#CC(C)NC(=O)c1occc1N. The van der Waals surface area contributed by atoms with Gasteiger partial charge < -0.3 is 15.5 Å². The molecule has 0 spiro atoms. The summed E-state index contributed by atoms with van der Waals surface area (Å²) in [6.45, 7) is 1.69. The molecule has 3 N–H and O–H groups in total. The number of hydrogen-bond acceptors (Lipinski definition) is 3. The first-order valence-corrected chi connectivity index (χ1v) is 3.75. The average molecular weight is 178 g/mol. The van der Waals surface area contributed by atoms with Crippen molar-refractivity contribution in [1.29, 1.82) is 0 Å². The van der Waals surface area contributed by atoms with E-state index in [1.807, 2.05) is 0 Å². The van der Waals surface area contributed by atoms with Crippen LogP contribution in [0.3, 0.4) is 0 Å². The largest absolute Gasteiger partial charge is 0.457 e. The molecule has 68 valence electrons. The summed E-state index contributed by atoms with van der Waals surface area (Å²) in [5, 5.41) is 2.52. The third-order valence-electron chi connectivity index (χ3n) is 1.50. The molecule has 4 nitrogen and oxygen atoms in total. The summed E-state index contributed by atoms with van der Waals surface area (Å²) in [5.74, 6) is 2.07. The number of nitrogens with two attached hydrogens (primary N) is 1. The Morgan fingerprint density at radius 1 is 1.85 bits per heavy atom. The quantitative estimate of drug-likeness (QED) is 0.652. The number of nitrogens with one attached hydrogen (secondary N) is 1. The van der Waals surface area contributed by atoms with Gasteiger partial charge in [-0.05, 0) is 6.92 Å². The van der Waals surface area contributed by atoms with E-state index in [1.165, 1.54) is 12.3 Å². The predicted octanol–water partition coefficient (Wildman–Crippen LogP) is 0.613. The van der Waals surface area contributed by atoms with E-state index in [0.717, 1.165) is 0 Å². The minimum atomic E-state index is -0.395. The van der Waals surface area contributed by atoms with Gasteiger partial charge in [-0.25, -0.2) is 0 Å². The number of anilines is 1. The summed E-state index contributed by atoms with van der Waals surface area (Å²) < 4.78 is 4.87. The van der Waals surface area contributed by atoms with Crippen LogP contribution in [0.4, 0.5) is 5.69 Å². The maximum Gasteiger partial charge on any atom is 0.290 e. The first kappa shape index (κ1) is 9.20. The standard InChI is InChI=1S/C9H10N2O2/c1-3-6(2)11-9(12)8-7(10)4-5-13-8/h1,4-6H,10H2,2H3,(H,11,12). The molecule has 1 aromatic heterocycles. The molecule has 1 unspecified atom stereocenters. The maximum absolute atomic E-state index is 11.3. The Morgan fingerprint density at radius 3 is 3.00 bits per heavy atom. The number of terminal acetylenes is 1. The fraction of sp³-hybridized carbons (Fsp3) is 0.222. The Hall–Kier alpha value is -1.89. The van der Waals surface area contributed by atoms with Crippen molar-refractivity contribution in [2.75, 3.05) is 5.73 Å². The fourth-order valence-corrected chi connectivity index (χ4v) is 0.808. The fourth-order valence-electron chi connectivity index (χ4n) is 0.808. The smallest absolute Gasteiger partial charge is 0.290 e. The minimum Gasteiger partial charge on any atom is -0.457 e. The predicted molar refractivity (Wildman–Crippen MR) is 48.9 cm³/mol. The number of rotatable bonds is 2. The van der Waals surface area contributed by atoms with Crippen LogP contribution in [0.15, 0.2) is 16.7 Å². The third kappa shape index (κ3) is 2.03. The van der Waals surface area contributed by atoms with E-state index in [0.29, 0.717) is 5.69 Å². The van der Waals surface area contributed by atoms with Crippen LogP contribution in [0, 0.1) is 12.3 Å².